The fourth-order valence-corrected chi connectivity index (χ4v) is 7.60. The summed E-state index contributed by atoms with van der Waals surface area (Å²) in [4.78, 5) is 19.1. The Balaban J connectivity index is 1.71. The molecule has 2 aliphatic rings. The van der Waals surface area contributed by atoms with Gasteiger partial charge in [0.25, 0.3) is 5.91 Å². The van der Waals surface area contributed by atoms with Gasteiger partial charge in [-0.25, -0.2) is 8.42 Å². The van der Waals surface area contributed by atoms with Gasteiger partial charge in [-0.15, -0.1) is 0 Å². The molecule has 0 bridgehead atoms. The molecule has 1 amide bonds. The van der Waals surface area contributed by atoms with Crippen molar-refractivity contribution in [2.24, 2.45) is 4.99 Å². The average molecular weight is 415 g/mol. The van der Waals surface area contributed by atoms with E-state index in [1.165, 1.54) is 17.3 Å². The zero-order chi connectivity index (χ0) is 19.9. The Morgan fingerprint density at radius 3 is 2.61 bits per heavy atom. The quantitative estimate of drug-likeness (QED) is 0.769. The highest BCUT2D eigenvalue weighted by Crippen LogP contribution is 2.41. The summed E-state index contributed by atoms with van der Waals surface area (Å²) < 4.78 is 24.3. The number of carbonyl (C=O) groups excluding carboxylic acids is 1. The highest BCUT2D eigenvalue weighted by molar-refractivity contribution is 8.16. The van der Waals surface area contributed by atoms with Crippen molar-refractivity contribution in [3.63, 3.8) is 0 Å². The normalized spacial score (nSPS) is 24.5. The Morgan fingerprint density at radius 1 is 1.18 bits per heavy atom. The number of benzene rings is 2. The van der Waals surface area contributed by atoms with Crippen LogP contribution in [0.25, 0.3) is 0 Å². The summed E-state index contributed by atoms with van der Waals surface area (Å²) in [7, 11) is -3.07. The summed E-state index contributed by atoms with van der Waals surface area (Å²) in [6, 6.07) is 15.2. The Kier molecular flexibility index (Phi) is 5.05. The van der Waals surface area contributed by atoms with E-state index in [2.05, 4.69) is 11.9 Å². The third-order valence-electron chi connectivity index (χ3n) is 5.15. The second kappa shape index (κ2) is 7.37. The molecule has 2 fully saturated rings. The summed E-state index contributed by atoms with van der Waals surface area (Å²) in [5, 5.41) is 0.487. The monoisotopic (exact) mass is 414 g/mol. The number of aliphatic imine (C=N–C) groups is 1. The SMILES string of the molecule is CCc1ccc(N2C(=NC(=O)c3cccc(C)c3)S[C@@H]3CS(=O)(=O)C[C@H]32)cc1. The van der Waals surface area contributed by atoms with E-state index in [0.29, 0.717) is 10.7 Å². The first kappa shape index (κ1) is 19.2. The molecule has 28 heavy (non-hydrogen) atoms. The van der Waals surface area contributed by atoms with E-state index in [4.69, 9.17) is 0 Å². The molecule has 0 aliphatic carbocycles. The van der Waals surface area contributed by atoms with Crippen LogP contribution in [0, 0.1) is 6.92 Å². The topological polar surface area (TPSA) is 66.8 Å². The predicted octanol–water partition coefficient (Wildman–Crippen LogP) is 3.47. The highest BCUT2D eigenvalue weighted by atomic mass is 32.2. The first-order valence-electron chi connectivity index (χ1n) is 9.31. The maximum Gasteiger partial charge on any atom is 0.279 e. The minimum absolute atomic E-state index is 0.0951. The smallest absolute Gasteiger partial charge is 0.279 e. The molecule has 4 rings (SSSR count). The fraction of sp³-hybridized carbons (Fsp3) is 0.333. The minimum atomic E-state index is -3.07. The molecular formula is C21H22N2O3S2. The lowest BCUT2D eigenvalue weighted by atomic mass is 10.1. The number of thioether (sulfide) groups is 1. The fourth-order valence-electron chi connectivity index (χ4n) is 3.69. The number of aryl methyl sites for hydroxylation is 2. The molecule has 5 nitrogen and oxygen atoms in total. The Morgan fingerprint density at radius 2 is 1.93 bits per heavy atom. The van der Waals surface area contributed by atoms with Gasteiger partial charge in [-0.3, -0.25) is 4.79 Å². The lowest BCUT2D eigenvalue weighted by Crippen LogP contribution is -2.37. The van der Waals surface area contributed by atoms with Crippen molar-refractivity contribution < 1.29 is 13.2 Å². The molecule has 2 saturated heterocycles. The standard InChI is InChI=1S/C21H22N2O3S2/c1-3-15-7-9-17(10-8-15)23-18-12-28(25,26)13-19(18)27-21(23)22-20(24)16-6-4-5-14(2)11-16/h4-11,18-19H,3,12-13H2,1-2H3/t18-,19-/m1/s1. The number of anilines is 1. The van der Waals surface area contributed by atoms with Crippen LogP contribution in [-0.4, -0.2) is 42.3 Å². The molecule has 2 atom stereocenters. The van der Waals surface area contributed by atoms with Gasteiger partial charge < -0.3 is 4.90 Å². The Hall–Kier alpha value is -2.12. The molecule has 7 heteroatoms. The number of amidine groups is 1. The molecule has 0 aromatic heterocycles. The van der Waals surface area contributed by atoms with Crippen molar-refractivity contribution in [1.29, 1.82) is 0 Å². The van der Waals surface area contributed by atoms with Crippen LogP contribution in [0.3, 0.4) is 0 Å². The molecule has 0 N–H and O–H groups in total. The molecule has 0 saturated carbocycles. The van der Waals surface area contributed by atoms with Crippen molar-refractivity contribution in [3.8, 4) is 0 Å². The van der Waals surface area contributed by atoms with Gasteiger partial charge in [0.1, 0.15) is 0 Å². The van der Waals surface area contributed by atoms with Gasteiger partial charge in [-0.1, -0.05) is 48.5 Å². The summed E-state index contributed by atoms with van der Waals surface area (Å²) in [5.41, 5.74) is 3.63. The van der Waals surface area contributed by atoms with E-state index in [1.807, 2.05) is 54.3 Å². The molecule has 2 aromatic carbocycles. The molecule has 0 radical (unpaired) electrons. The van der Waals surface area contributed by atoms with E-state index in [0.717, 1.165) is 17.7 Å². The number of carbonyl (C=O) groups is 1. The van der Waals surface area contributed by atoms with E-state index in [9.17, 15) is 13.2 Å². The van der Waals surface area contributed by atoms with Gasteiger partial charge in [-0.05, 0) is 43.2 Å². The van der Waals surface area contributed by atoms with Gasteiger partial charge in [0.15, 0.2) is 15.0 Å². The van der Waals surface area contributed by atoms with E-state index in [1.54, 1.807) is 6.07 Å². The first-order chi connectivity index (χ1) is 13.4. The third kappa shape index (κ3) is 3.73. The van der Waals surface area contributed by atoms with E-state index in [-0.39, 0.29) is 28.7 Å². The zero-order valence-electron chi connectivity index (χ0n) is 15.8. The highest BCUT2D eigenvalue weighted by Gasteiger charge is 2.49. The number of nitrogens with zero attached hydrogens (tertiary/aromatic N) is 2. The van der Waals surface area contributed by atoms with Gasteiger partial charge in [0, 0.05) is 16.5 Å². The lowest BCUT2D eigenvalue weighted by molar-refractivity contribution is 0.100. The van der Waals surface area contributed by atoms with E-state index >= 15 is 0 Å². The maximum absolute atomic E-state index is 12.7. The number of fused-ring (bicyclic) bond motifs is 1. The summed E-state index contributed by atoms with van der Waals surface area (Å²) >= 11 is 1.40. The van der Waals surface area contributed by atoms with Crippen molar-refractivity contribution in [2.75, 3.05) is 16.4 Å². The largest absolute Gasteiger partial charge is 0.316 e. The lowest BCUT2D eigenvalue weighted by Gasteiger charge is -2.24. The summed E-state index contributed by atoms with van der Waals surface area (Å²) in [5.74, 6) is -0.0781. The van der Waals surface area contributed by atoms with Crippen LogP contribution < -0.4 is 4.90 Å². The molecule has 146 valence electrons. The van der Waals surface area contributed by atoms with Crippen molar-refractivity contribution in [3.05, 3.63) is 65.2 Å². The Labute approximate surface area is 169 Å². The maximum atomic E-state index is 12.7. The molecule has 2 heterocycles. The van der Waals surface area contributed by atoms with E-state index < -0.39 is 9.84 Å². The average Bonchev–Trinajstić information content (AvgIpc) is 3.12. The number of hydrogen-bond donors (Lipinski definition) is 0. The molecular weight excluding hydrogens is 392 g/mol. The number of rotatable bonds is 3. The van der Waals surface area contributed by atoms with Crippen molar-refractivity contribution in [2.45, 2.75) is 31.6 Å². The van der Waals surface area contributed by atoms with Crippen LogP contribution in [0.1, 0.15) is 28.4 Å². The minimum Gasteiger partial charge on any atom is -0.316 e. The van der Waals surface area contributed by atoms with Gasteiger partial charge in [0.05, 0.1) is 17.5 Å². The van der Waals surface area contributed by atoms with Crippen LogP contribution in [0.15, 0.2) is 53.5 Å². The first-order valence-corrected chi connectivity index (χ1v) is 12.0. The molecule has 2 aromatic rings. The number of hydrogen-bond acceptors (Lipinski definition) is 4. The van der Waals surface area contributed by atoms with Gasteiger partial charge in [-0.2, -0.15) is 4.99 Å². The summed E-state index contributed by atoms with van der Waals surface area (Å²) in [6.07, 6.45) is 0.933. The second-order valence-corrected chi connectivity index (χ2v) is 10.6. The number of sulfone groups is 1. The molecule has 2 aliphatic heterocycles. The van der Waals surface area contributed by atoms with Crippen LogP contribution in [0.2, 0.25) is 0 Å². The number of amides is 1. The third-order valence-corrected chi connectivity index (χ3v) is 8.36. The molecule has 0 unspecified atom stereocenters. The zero-order valence-corrected chi connectivity index (χ0v) is 17.5. The van der Waals surface area contributed by atoms with Crippen LogP contribution >= 0.6 is 11.8 Å². The van der Waals surface area contributed by atoms with Crippen molar-refractivity contribution >= 4 is 38.4 Å². The predicted molar refractivity (Wildman–Crippen MR) is 115 cm³/mol. The van der Waals surface area contributed by atoms with Crippen LogP contribution in [0.5, 0.6) is 0 Å². The van der Waals surface area contributed by atoms with Crippen LogP contribution in [-0.2, 0) is 16.3 Å². The molecule has 0 spiro atoms. The van der Waals surface area contributed by atoms with Crippen LogP contribution in [0.4, 0.5) is 5.69 Å². The van der Waals surface area contributed by atoms with Crippen molar-refractivity contribution in [1.82, 2.24) is 0 Å². The summed E-state index contributed by atoms with van der Waals surface area (Å²) in [6.45, 7) is 4.03. The second-order valence-electron chi connectivity index (χ2n) is 7.26. The van der Waals surface area contributed by atoms with Gasteiger partial charge in [0.2, 0.25) is 0 Å². The Bertz CT molecular complexity index is 1050. The van der Waals surface area contributed by atoms with Gasteiger partial charge >= 0.3 is 0 Å².